The molecular weight excluding hydrogens is 280 g/mol. The van der Waals surface area contributed by atoms with E-state index in [1.807, 2.05) is 13.8 Å². The first kappa shape index (κ1) is 17.3. The molecule has 0 radical (unpaired) electrons. The van der Waals surface area contributed by atoms with Crippen LogP contribution in [0, 0.1) is 0 Å². The van der Waals surface area contributed by atoms with Crippen molar-refractivity contribution >= 4 is 11.7 Å². The van der Waals surface area contributed by atoms with Crippen molar-refractivity contribution in [2.24, 2.45) is 0 Å². The number of nitrogens with one attached hydrogen (secondary N) is 1. The maximum Gasteiger partial charge on any atom is 0.255 e. The molecule has 0 aromatic carbocycles. The molecule has 21 heavy (non-hydrogen) atoms. The summed E-state index contributed by atoms with van der Waals surface area (Å²) < 4.78 is 25.1. The Labute approximate surface area is 123 Å². The number of anilines is 1. The van der Waals surface area contributed by atoms with Gasteiger partial charge in [0.2, 0.25) is 0 Å². The van der Waals surface area contributed by atoms with Crippen LogP contribution in [0.4, 0.5) is 14.6 Å². The van der Waals surface area contributed by atoms with Crippen molar-refractivity contribution in [3.8, 4) is 0 Å². The van der Waals surface area contributed by atoms with E-state index in [1.54, 1.807) is 12.1 Å². The smallest absolute Gasteiger partial charge is 0.255 e. The van der Waals surface area contributed by atoms with E-state index in [2.05, 4.69) is 10.3 Å². The molecule has 1 amide bonds. The number of hydrogen-bond donors (Lipinski definition) is 2. The summed E-state index contributed by atoms with van der Waals surface area (Å²) in [6.45, 7) is 3.27. The highest BCUT2D eigenvalue weighted by Gasteiger charge is 2.20. The molecule has 0 atom stereocenters. The quantitative estimate of drug-likeness (QED) is 0.768. The summed E-state index contributed by atoms with van der Waals surface area (Å²) in [5, 5.41) is 11.9. The van der Waals surface area contributed by atoms with Gasteiger partial charge >= 0.3 is 0 Å². The number of pyridine rings is 1. The molecule has 1 heterocycles. The lowest BCUT2D eigenvalue weighted by molar-refractivity contribution is 0.0509. The first-order chi connectivity index (χ1) is 10.0. The normalized spacial score (nSPS) is 10.8. The number of aryl methyl sites for hydroxylation is 1. The monoisotopic (exact) mass is 301 g/mol. The van der Waals surface area contributed by atoms with Crippen LogP contribution in [-0.2, 0) is 6.42 Å². The van der Waals surface area contributed by atoms with Gasteiger partial charge < -0.3 is 15.3 Å². The lowest BCUT2D eigenvalue weighted by Crippen LogP contribution is -2.37. The first-order valence-corrected chi connectivity index (χ1v) is 6.94. The molecule has 0 aliphatic carbocycles. The average molecular weight is 301 g/mol. The Balaban J connectivity index is 3.04. The highest BCUT2D eigenvalue weighted by Crippen LogP contribution is 2.14. The van der Waals surface area contributed by atoms with Gasteiger partial charge in [-0.15, -0.1) is 0 Å². The standard InChI is InChI=1S/C14H21F2N3O2/c1-3-11-7-10(8-13(18-11)17-4-2)14(21)19(5-6-20)9-12(15)16/h7-8,12,20H,3-6,9H2,1-2H3,(H,17,18). The molecule has 0 aliphatic rings. The number of carbonyl (C=O) groups excluding carboxylic acids is 1. The topological polar surface area (TPSA) is 65.5 Å². The second kappa shape index (κ2) is 8.51. The molecule has 0 spiro atoms. The minimum absolute atomic E-state index is 0.122. The summed E-state index contributed by atoms with van der Waals surface area (Å²) in [7, 11) is 0. The number of aliphatic hydroxyl groups is 1. The minimum Gasteiger partial charge on any atom is -0.395 e. The Morgan fingerprint density at radius 3 is 2.67 bits per heavy atom. The summed E-state index contributed by atoms with van der Waals surface area (Å²) >= 11 is 0. The van der Waals surface area contributed by atoms with Gasteiger partial charge in [0.1, 0.15) is 5.82 Å². The Hall–Kier alpha value is -1.76. The molecule has 1 rings (SSSR count). The fourth-order valence-corrected chi connectivity index (χ4v) is 1.91. The maximum atomic E-state index is 12.5. The van der Waals surface area contributed by atoms with Crippen LogP contribution >= 0.6 is 0 Å². The van der Waals surface area contributed by atoms with Gasteiger partial charge in [0.25, 0.3) is 12.3 Å². The number of aliphatic hydroxyl groups excluding tert-OH is 1. The maximum absolute atomic E-state index is 12.5. The molecule has 0 aliphatic heterocycles. The number of amides is 1. The van der Waals surface area contributed by atoms with Gasteiger partial charge in [0.15, 0.2) is 0 Å². The Kier molecular flexibility index (Phi) is 7.01. The van der Waals surface area contributed by atoms with Crippen molar-refractivity contribution in [1.82, 2.24) is 9.88 Å². The van der Waals surface area contributed by atoms with E-state index in [0.29, 0.717) is 30.0 Å². The molecule has 0 bridgehead atoms. The lowest BCUT2D eigenvalue weighted by Gasteiger charge is -2.22. The van der Waals surface area contributed by atoms with Gasteiger partial charge in [-0.1, -0.05) is 6.92 Å². The van der Waals surface area contributed by atoms with Gasteiger partial charge in [0, 0.05) is 24.3 Å². The highest BCUT2D eigenvalue weighted by atomic mass is 19.3. The SMILES string of the molecule is CCNc1cc(C(=O)N(CCO)CC(F)F)cc(CC)n1. The molecule has 1 aromatic rings. The minimum atomic E-state index is -2.64. The summed E-state index contributed by atoms with van der Waals surface area (Å²) in [6.07, 6.45) is -2.00. The number of rotatable bonds is 8. The van der Waals surface area contributed by atoms with E-state index in [4.69, 9.17) is 5.11 Å². The van der Waals surface area contributed by atoms with E-state index < -0.39 is 18.9 Å². The van der Waals surface area contributed by atoms with Crippen LogP contribution in [0.15, 0.2) is 12.1 Å². The molecular formula is C14H21F2N3O2. The number of nitrogens with zero attached hydrogens (tertiary/aromatic N) is 2. The van der Waals surface area contributed by atoms with E-state index in [1.165, 1.54) is 0 Å². The zero-order chi connectivity index (χ0) is 15.8. The van der Waals surface area contributed by atoms with Crippen LogP contribution in [0.25, 0.3) is 0 Å². The van der Waals surface area contributed by atoms with Gasteiger partial charge in [-0.25, -0.2) is 13.8 Å². The van der Waals surface area contributed by atoms with Crippen LogP contribution in [0.3, 0.4) is 0 Å². The fourth-order valence-electron chi connectivity index (χ4n) is 1.91. The Morgan fingerprint density at radius 2 is 2.14 bits per heavy atom. The van der Waals surface area contributed by atoms with Crippen LogP contribution < -0.4 is 5.32 Å². The van der Waals surface area contributed by atoms with Crippen molar-refractivity contribution in [1.29, 1.82) is 0 Å². The summed E-state index contributed by atoms with van der Waals surface area (Å²) in [6, 6.07) is 3.14. The number of alkyl halides is 2. The van der Waals surface area contributed by atoms with Crippen molar-refractivity contribution in [3.05, 3.63) is 23.4 Å². The van der Waals surface area contributed by atoms with E-state index in [-0.39, 0.29) is 13.2 Å². The van der Waals surface area contributed by atoms with Gasteiger partial charge in [-0.05, 0) is 25.5 Å². The second-order valence-corrected chi connectivity index (χ2v) is 4.48. The van der Waals surface area contributed by atoms with Gasteiger partial charge in [-0.3, -0.25) is 4.79 Å². The summed E-state index contributed by atoms with van der Waals surface area (Å²) in [5.74, 6) is 0.0156. The third-order valence-electron chi connectivity index (χ3n) is 2.86. The third kappa shape index (κ3) is 5.26. The van der Waals surface area contributed by atoms with Crippen molar-refractivity contribution in [2.75, 3.05) is 31.6 Å². The van der Waals surface area contributed by atoms with E-state index >= 15 is 0 Å². The molecule has 5 nitrogen and oxygen atoms in total. The highest BCUT2D eigenvalue weighted by molar-refractivity contribution is 5.95. The number of carbonyl (C=O) groups is 1. The Morgan fingerprint density at radius 1 is 1.43 bits per heavy atom. The van der Waals surface area contributed by atoms with Crippen LogP contribution in [0.5, 0.6) is 0 Å². The van der Waals surface area contributed by atoms with Gasteiger partial charge in [-0.2, -0.15) is 0 Å². The number of hydrogen-bond acceptors (Lipinski definition) is 4. The van der Waals surface area contributed by atoms with E-state index in [0.717, 1.165) is 4.90 Å². The largest absolute Gasteiger partial charge is 0.395 e. The number of halogens is 2. The molecule has 7 heteroatoms. The fraction of sp³-hybridized carbons (Fsp3) is 0.571. The molecule has 0 saturated carbocycles. The van der Waals surface area contributed by atoms with Crippen molar-refractivity contribution in [2.45, 2.75) is 26.7 Å². The molecule has 0 unspecified atom stereocenters. The second-order valence-electron chi connectivity index (χ2n) is 4.48. The predicted octanol–water partition coefficient (Wildman–Crippen LogP) is 1.78. The molecule has 0 saturated heterocycles. The van der Waals surface area contributed by atoms with Gasteiger partial charge in [0.05, 0.1) is 13.2 Å². The first-order valence-electron chi connectivity index (χ1n) is 6.94. The van der Waals surface area contributed by atoms with Crippen LogP contribution in [0.2, 0.25) is 0 Å². The zero-order valence-electron chi connectivity index (χ0n) is 12.3. The Bertz CT molecular complexity index is 470. The van der Waals surface area contributed by atoms with Crippen LogP contribution in [0.1, 0.15) is 29.9 Å². The average Bonchev–Trinajstić information content (AvgIpc) is 2.45. The third-order valence-corrected chi connectivity index (χ3v) is 2.86. The van der Waals surface area contributed by atoms with Crippen molar-refractivity contribution < 1.29 is 18.7 Å². The molecule has 2 N–H and O–H groups in total. The molecule has 0 fully saturated rings. The molecule has 118 valence electrons. The van der Waals surface area contributed by atoms with E-state index in [9.17, 15) is 13.6 Å². The predicted molar refractivity (Wildman–Crippen MR) is 76.8 cm³/mol. The lowest BCUT2D eigenvalue weighted by atomic mass is 10.1. The molecule has 1 aromatic heterocycles. The zero-order valence-corrected chi connectivity index (χ0v) is 12.3. The van der Waals surface area contributed by atoms with Crippen molar-refractivity contribution in [3.63, 3.8) is 0 Å². The number of aromatic nitrogens is 1. The summed E-state index contributed by atoms with van der Waals surface area (Å²) in [4.78, 5) is 17.6. The van der Waals surface area contributed by atoms with Crippen LogP contribution in [-0.4, -0.2) is 53.6 Å². The summed E-state index contributed by atoms with van der Waals surface area (Å²) in [5.41, 5.74) is 1.00.